The van der Waals surface area contributed by atoms with Crippen LogP contribution in [-0.2, 0) is 17.8 Å². The number of nitrogen functional groups attached to an aromatic ring is 1. The molecule has 1 aromatic carbocycles. The Morgan fingerprint density at radius 1 is 1.27 bits per heavy atom. The molecule has 2 aromatic rings. The van der Waals surface area contributed by atoms with Gasteiger partial charge < -0.3 is 24.8 Å². The molecule has 1 aromatic heterocycles. The summed E-state index contributed by atoms with van der Waals surface area (Å²) >= 11 is 3.58. The third kappa shape index (κ3) is 4.81. The van der Waals surface area contributed by atoms with Gasteiger partial charge in [0.05, 0.1) is 6.61 Å². The Morgan fingerprint density at radius 3 is 2.63 bits per heavy atom. The summed E-state index contributed by atoms with van der Waals surface area (Å²) in [7, 11) is 1.59. The molecule has 3 rings (SSSR count). The second-order valence-electron chi connectivity index (χ2n) is 7.00. The number of halogens is 1. The molecule has 30 heavy (non-hydrogen) atoms. The molecule has 0 bridgehead atoms. The van der Waals surface area contributed by atoms with Crippen molar-refractivity contribution >= 4 is 27.4 Å². The van der Waals surface area contributed by atoms with Crippen LogP contribution in [0.1, 0.15) is 25.3 Å². The Bertz CT molecular complexity index is 1000. The standard InChI is InChI=1S/C20H27BrN4O5/c1-3-4-5-25-18(22)17(19(26)23-20(25)27)24(6-7-28-2)12-13-10-15-16(11-14(13)21)30-9-8-29-15/h10-11H,3-9,12,22H2,1-2H3,(H,23,26,27). The number of aromatic amines is 1. The maximum absolute atomic E-state index is 12.7. The minimum atomic E-state index is -0.519. The Hall–Kier alpha value is -2.46. The zero-order valence-corrected chi connectivity index (χ0v) is 18.8. The van der Waals surface area contributed by atoms with Gasteiger partial charge >= 0.3 is 5.69 Å². The van der Waals surface area contributed by atoms with Crippen LogP contribution in [0.4, 0.5) is 11.5 Å². The zero-order valence-electron chi connectivity index (χ0n) is 17.2. The normalized spacial score (nSPS) is 12.8. The lowest BCUT2D eigenvalue weighted by atomic mass is 10.1. The van der Waals surface area contributed by atoms with Crippen molar-refractivity contribution in [1.29, 1.82) is 0 Å². The molecule has 1 aliphatic rings. The van der Waals surface area contributed by atoms with Crippen molar-refractivity contribution in [3.63, 3.8) is 0 Å². The van der Waals surface area contributed by atoms with Crippen molar-refractivity contribution in [3.8, 4) is 11.5 Å². The minimum absolute atomic E-state index is 0.155. The number of methoxy groups -OCH3 is 1. The second kappa shape index (κ2) is 10.0. The molecule has 0 atom stereocenters. The topological polar surface area (TPSA) is 112 Å². The van der Waals surface area contributed by atoms with E-state index in [9.17, 15) is 9.59 Å². The summed E-state index contributed by atoms with van der Waals surface area (Å²) in [6.45, 7) is 4.61. The first kappa shape index (κ1) is 22.2. The minimum Gasteiger partial charge on any atom is -0.486 e. The van der Waals surface area contributed by atoms with Crippen molar-refractivity contribution in [2.45, 2.75) is 32.9 Å². The van der Waals surface area contributed by atoms with Gasteiger partial charge in [-0.3, -0.25) is 14.3 Å². The van der Waals surface area contributed by atoms with Gasteiger partial charge in [-0.1, -0.05) is 29.3 Å². The van der Waals surface area contributed by atoms with Gasteiger partial charge in [0, 0.05) is 31.2 Å². The summed E-state index contributed by atoms with van der Waals surface area (Å²) in [5.41, 5.74) is 6.43. The summed E-state index contributed by atoms with van der Waals surface area (Å²) in [6.07, 6.45) is 1.68. The van der Waals surface area contributed by atoms with E-state index in [1.54, 1.807) is 7.11 Å². The molecule has 2 heterocycles. The molecule has 9 nitrogen and oxygen atoms in total. The molecule has 0 amide bonds. The molecule has 0 fully saturated rings. The largest absolute Gasteiger partial charge is 0.486 e. The number of benzene rings is 1. The Labute approximate surface area is 182 Å². The quantitative estimate of drug-likeness (QED) is 0.562. The lowest BCUT2D eigenvalue weighted by molar-refractivity contribution is 0.171. The number of hydrogen-bond donors (Lipinski definition) is 2. The molecular formula is C20H27BrN4O5. The predicted molar refractivity (Wildman–Crippen MR) is 119 cm³/mol. The summed E-state index contributed by atoms with van der Waals surface area (Å²) in [6, 6.07) is 3.74. The van der Waals surface area contributed by atoms with Crippen LogP contribution in [-0.4, -0.2) is 43.0 Å². The van der Waals surface area contributed by atoms with Gasteiger partial charge in [0.1, 0.15) is 24.7 Å². The first-order valence-electron chi connectivity index (χ1n) is 9.90. The highest BCUT2D eigenvalue weighted by atomic mass is 79.9. The SMILES string of the molecule is CCCCn1c(N)c(N(CCOC)Cc2cc3c(cc2Br)OCCO3)c(=O)[nH]c1=O. The van der Waals surface area contributed by atoms with Gasteiger partial charge in [-0.05, 0) is 24.1 Å². The van der Waals surface area contributed by atoms with Gasteiger partial charge in [-0.25, -0.2) is 4.79 Å². The smallest absolute Gasteiger partial charge is 0.330 e. The number of H-pyrrole nitrogens is 1. The molecule has 0 unspecified atom stereocenters. The van der Waals surface area contributed by atoms with Crippen molar-refractivity contribution in [2.75, 3.05) is 44.1 Å². The van der Waals surface area contributed by atoms with E-state index in [4.69, 9.17) is 19.9 Å². The van der Waals surface area contributed by atoms with E-state index in [2.05, 4.69) is 20.9 Å². The fourth-order valence-corrected chi connectivity index (χ4v) is 3.77. The molecule has 0 aliphatic carbocycles. The second-order valence-corrected chi connectivity index (χ2v) is 7.85. The highest BCUT2D eigenvalue weighted by Crippen LogP contribution is 2.36. The molecule has 0 spiro atoms. The maximum atomic E-state index is 12.7. The Morgan fingerprint density at radius 2 is 1.97 bits per heavy atom. The van der Waals surface area contributed by atoms with E-state index in [1.807, 2.05) is 24.0 Å². The molecule has 3 N–H and O–H groups in total. The van der Waals surface area contributed by atoms with E-state index < -0.39 is 11.2 Å². The number of aromatic nitrogens is 2. The molecule has 0 saturated heterocycles. The van der Waals surface area contributed by atoms with Gasteiger partial charge in [0.25, 0.3) is 5.56 Å². The Balaban J connectivity index is 2.01. The van der Waals surface area contributed by atoms with Crippen molar-refractivity contribution in [1.82, 2.24) is 9.55 Å². The molecule has 0 radical (unpaired) electrons. The van der Waals surface area contributed by atoms with Crippen LogP contribution in [0.2, 0.25) is 0 Å². The summed E-state index contributed by atoms with van der Waals surface area (Å²) in [4.78, 5) is 29.2. The molecule has 1 aliphatic heterocycles. The summed E-state index contributed by atoms with van der Waals surface area (Å²) < 4.78 is 18.8. The number of ether oxygens (including phenoxy) is 3. The number of anilines is 2. The molecular weight excluding hydrogens is 456 g/mol. The van der Waals surface area contributed by atoms with E-state index in [0.29, 0.717) is 51.0 Å². The third-order valence-corrected chi connectivity index (χ3v) is 5.64. The average Bonchev–Trinajstić information content (AvgIpc) is 2.72. The Kier molecular flexibility index (Phi) is 7.43. The van der Waals surface area contributed by atoms with E-state index in [1.165, 1.54) is 4.57 Å². The summed E-state index contributed by atoms with van der Waals surface area (Å²) in [5, 5.41) is 0. The number of nitrogens with zero attached hydrogens (tertiary/aromatic N) is 2. The molecule has 10 heteroatoms. The number of rotatable bonds is 9. The zero-order chi connectivity index (χ0) is 21.7. The lowest BCUT2D eigenvalue weighted by Crippen LogP contribution is -2.39. The van der Waals surface area contributed by atoms with E-state index in [-0.39, 0.29) is 11.5 Å². The first-order valence-corrected chi connectivity index (χ1v) is 10.7. The fraction of sp³-hybridized carbons (Fsp3) is 0.500. The molecule has 0 saturated carbocycles. The predicted octanol–water partition coefficient (Wildman–Crippen LogP) is 2.11. The number of unbranched alkanes of at least 4 members (excludes halogenated alkanes) is 1. The van der Waals surface area contributed by atoms with Gasteiger partial charge in [0.15, 0.2) is 11.5 Å². The van der Waals surface area contributed by atoms with Crippen molar-refractivity contribution in [3.05, 3.63) is 43.0 Å². The van der Waals surface area contributed by atoms with Crippen LogP contribution >= 0.6 is 15.9 Å². The number of nitrogens with one attached hydrogen (secondary N) is 1. The van der Waals surface area contributed by atoms with Crippen LogP contribution < -0.4 is 31.4 Å². The van der Waals surface area contributed by atoms with Crippen molar-refractivity contribution in [2.24, 2.45) is 0 Å². The lowest BCUT2D eigenvalue weighted by Gasteiger charge is -2.27. The van der Waals surface area contributed by atoms with E-state index in [0.717, 1.165) is 22.9 Å². The van der Waals surface area contributed by atoms with Crippen LogP contribution in [0.5, 0.6) is 11.5 Å². The van der Waals surface area contributed by atoms with Gasteiger partial charge in [0.2, 0.25) is 0 Å². The van der Waals surface area contributed by atoms with Gasteiger partial charge in [-0.2, -0.15) is 0 Å². The highest BCUT2D eigenvalue weighted by Gasteiger charge is 2.22. The number of hydrogen-bond acceptors (Lipinski definition) is 7. The van der Waals surface area contributed by atoms with Gasteiger partial charge in [-0.15, -0.1) is 0 Å². The maximum Gasteiger partial charge on any atom is 0.330 e. The number of fused-ring (bicyclic) bond motifs is 1. The van der Waals surface area contributed by atoms with Crippen LogP contribution in [0, 0.1) is 0 Å². The van der Waals surface area contributed by atoms with Crippen LogP contribution in [0.25, 0.3) is 0 Å². The highest BCUT2D eigenvalue weighted by molar-refractivity contribution is 9.10. The first-order chi connectivity index (χ1) is 14.5. The van der Waals surface area contributed by atoms with Crippen molar-refractivity contribution < 1.29 is 14.2 Å². The molecule has 164 valence electrons. The summed E-state index contributed by atoms with van der Waals surface area (Å²) in [5.74, 6) is 1.48. The van der Waals surface area contributed by atoms with E-state index >= 15 is 0 Å². The average molecular weight is 483 g/mol. The van der Waals surface area contributed by atoms with Crippen LogP contribution in [0.3, 0.4) is 0 Å². The fourth-order valence-electron chi connectivity index (χ4n) is 3.33. The third-order valence-electron chi connectivity index (χ3n) is 4.90. The number of nitrogens with two attached hydrogens (primary N) is 1. The monoisotopic (exact) mass is 482 g/mol. The van der Waals surface area contributed by atoms with Crippen LogP contribution in [0.15, 0.2) is 26.2 Å².